The van der Waals surface area contributed by atoms with Gasteiger partial charge in [-0.25, -0.2) is 9.37 Å². The van der Waals surface area contributed by atoms with Crippen molar-refractivity contribution >= 4 is 34.3 Å². The molecule has 2 aliphatic rings. The fourth-order valence-corrected chi connectivity index (χ4v) is 4.89. The molecule has 0 unspecified atom stereocenters. The van der Waals surface area contributed by atoms with E-state index in [0.717, 1.165) is 22.0 Å². The normalized spacial score (nSPS) is 11.2. The van der Waals surface area contributed by atoms with Crippen LogP contribution in [0.4, 0.5) is 5.69 Å². The highest BCUT2D eigenvalue weighted by atomic mass is 16.5. The van der Waals surface area contributed by atoms with Crippen LogP contribution < -0.4 is 20.1 Å². The Balaban J connectivity index is 1.52. The number of carbonyl (C=O) groups is 3. The number of nitrogens with zero attached hydrogens (tertiary/aromatic N) is 2. The molecule has 0 fully saturated rings. The average molecular weight is 633 g/mol. The number of nitrogens with one attached hydrogen (secondary N) is 1. The van der Waals surface area contributed by atoms with Gasteiger partial charge < -0.3 is 34.0 Å². The number of carboxylic acids is 1. The highest BCUT2D eigenvalue weighted by Crippen LogP contribution is 2.42. The molecule has 46 heavy (non-hydrogen) atoms. The van der Waals surface area contributed by atoms with Crippen LogP contribution in [0.15, 0.2) is 59.0 Å². The van der Waals surface area contributed by atoms with Crippen LogP contribution in [0, 0.1) is 0 Å². The van der Waals surface area contributed by atoms with Crippen molar-refractivity contribution in [3.8, 4) is 22.5 Å². The van der Waals surface area contributed by atoms with E-state index >= 15 is 0 Å². The maximum atomic E-state index is 13.2. The van der Waals surface area contributed by atoms with Gasteiger partial charge in [0.1, 0.15) is 31.2 Å². The Hall–Kier alpha value is -4.58. The van der Waals surface area contributed by atoms with Gasteiger partial charge in [0.25, 0.3) is 5.91 Å². The highest BCUT2D eigenvalue weighted by molar-refractivity contribution is 6.09. The van der Waals surface area contributed by atoms with Crippen LogP contribution in [0.1, 0.15) is 34.1 Å². The first-order chi connectivity index (χ1) is 22.1. The molecule has 0 aromatic heterocycles. The molecule has 0 saturated carbocycles. The summed E-state index contributed by atoms with van der Waals surface area (Å²) >= 11 is 0. The summed E-state index contributed by atoms with van der Waals surface area (Å²) in [4.78, 5) is 38.5. The van der Waals surface area contributed by atoms with Crippen molar-refractivity contribution in [2.75, 3.05) is 79.3 Å². The van der Waals surface area contributed by atoms with Crippen LogP contribution in [0.3, 0.4) is 0 Å². The van der Waals surface area contributed by atoms with Crippen molar-refractivity contribution in [1.82, 2.24) is 9.89 Å². The minimum absolute atomic E-state index is 0.0753. The Morgan fingerprint density at radius 3 is 2.20 bits per heavy atom. The zero-order valence-corrected chi connectivity index (χ0v) is 27.1. The van der Waals surface area contributed by atoms with E-state index in [1.54, 1.807) is 6.07 Å². The quantitative estimate of drug-likeness (QED) is 0.108. The van der Waals surface area contributed by atoms with Crippen molar-refractivity contribution in [2.24, 2.45) is 0 Å². The number of ketones is 1. The molecular formula is C35H42N3O8+. The molecule has 1 heterocycles. The SMILES string of the molecule is CC(=O)CCOCCOCCOCCNC(=O)c1ccc(C(=O)O)c(-c2c3ccc(=[N+](C)C)cc-3oc3cc(N(C)C)ccc23)c1. The summed E-state index contributed by atoms with van der Waals surface area (Å²) < 4.78 is 24.6. The Labute approximate surface area is 268 Å². The summed E-state index contributed by atoms with van der Waals surface area (Å²) in [5.74, 6) is -0.763. The number of benzene rings is 3. The largest absolute Gasteiger partial charge is 0.478 e. The van der Waals surface area contributed by atoms with Gasteiger partial charge in [-0.05, 0) is 48.9 Å². The van der Waals surface area contributed by atoms with Crippen molar-refractivity contribution in [2.45, 2.75) is 13.3 Å². The highest BCUT2D eigenvalue weighted by Gasteiger charge is 2.24. The van der Waals surface area contributed by atoms with Crippen molar-refractivity contribution in [3.63, 3.8) is 0 Å². The number of Topliss-reactive ketones (excluding diaryl/α,β-unsaturated/α-hetero) is 1. The van der Waals surface area contributed by atoms with Crippen LogP contribution in [0.2, 0.25) is 0 Å². The maximum Gasteiger partial charge on any atom is 0.336 e. The minimum atomic E-state index is -1.10. The number of anilines is 1. The van der Waals surface area contributed by atoms with E-state index in [-0.39, 0.29) is 30.4 Å². The lowest BCUT2D eigenvalue weighted by Gasteiger charge is -2.19. The van der Waals surface area contributed by atoms with Crippen LogP contribution in [0.5, 0.6) is 0 Å². The molecule has 4 rings (SSSR count). The predicted molar refractivity (Wildman–Crippen MR) is 177 cm³/mol. The van der Waals surface area contributed by atoms with Crippen LogP contribution in [-0.2, 0) is 19.0 Å². The van der Waals surface area contributed by atoms with E-state index in [0.29, 0.717) is 67.5 Å². The molecule has 0 radical (unpaired) electrons. The van der Waals surface area contributed by atoms with Crippen molar-refractivity contribution in [1.29, 1.82) is 0 Å². The van der Waals surface area contributed by atoms with E-state index in [9.17, 15) is 19.5 Å². The molecule has 11 heteroatoms. The van der Waals surface area contributed by atoms with Gasteiger partial charge in [0.2, 0.25) is 5.36 Å². The average Bonchev–Trinajstić information content (AvgIpc) is 3.02. The predicted octanol–water partition coefficient (Wildman–Crippen LogP) is 3.76. The Morgan fingerprint density at radius 2 is 1.54 bits per heavy atom. The number of hydrogen-bond acceptors (Lipinski definition) is 8. The number of amides is 1. The third-order valence-corrected chi connectivity index (χ3v) is 7.38. The Kier molecular flexibility index (Phi) is 12.0. The van der Waals surface area contributed by atoms with Gasteiger partial charge in [0.15, 0.2) is 0 Å². The summed E-state index contributed by atoms with van der Waals surface area (Å²) in [6, 6.07) is 16.2. The van der Waals surface area contributed by atoms with Crippen LogP contribution in [-0.4, -0.2) is 97.1 Å². The van der Waals surface area contributed by atoms with Crippen LogP contribution >= 0.6 is 0 Å². The number of rotatable bonds is 16. The summed E-state index contributed by atoms with van der Waals surface area (Å²) in [6.45, 7) is 4.00. The number of fused-ring (bicyclic) bond motifs is 2. The van der Waals surface area contributed by atoms with Crippen molar-refractivity contribution < 1.29 is 38.1 Å². The first-order valence-corrected chi connectivity index (χ1v) is 15.1. The Morgan fingerprint density at radius 1 is 0.848 bits per heavy atom. The fraction of sp³-hybridized carbons (Fsp3) is 0.371. The lowest BCUT2D eigenvalue weighted by atomic mass is 9.89. The number of aromatic carboxylic acids is 1. The number of ether oxygens (including phenoxy) is 3. The molecule has 2 N–H and O–H groups in total. The summed E-state index contributed by atoms with van der Waals surface area (Å²) in [5.41, 5.74) is 3.75. The van der Waals surface area contributed by atoms with E-state index in [1.165, 1.54) is 19.1 Å². The van der Waals surface area contributed by atoms with E-state index in [2.05, 4.69) is 5.32 Å². The first-order valence-electron chi connectivity index (χ1n) is 15.1. The lowest BCUT2D eigenvalue weighted by molar-refractivity contribution is -0.118. The van der Waals surface area contributed by atoms with Crippen molar-refractivity contribution in [3.05, 3.63) is 71.1 Å². The molecular weight excluding hydrogens is 590 g/mol. The molecule has 0 bridgehead atoms. The minimum Gasteiger partial charge on any atom is -0.478 e. The van der Waals surface area contributed by atoms with E-state index < -0.39 is 5.97 Å². The Bertz CT molecular complexity index is 1740. The van der Waals surface area contributed by atoms with Gasteiger partial charge in [-0.3, -0.25) is 9.59 Å². The molecule has 244 valence electrons. The van der Waals surface area contributed by atoms with E-state index in [4.69, 9.17) is 18.6 Å². The second kappa shape index (κ2) is 16.1. The van der Waals surface area contributed by atoms with Gasteiger partial charge in [-0.1, -0.05) is 0 Å². The van der Waals surface area contributed by atoms with Gasteiger partial charge in [0.05, 0.1) is 51.3 Å². The van der Waals surface area contributed by atoms with E-state index in [1.807, 2.05) is 74.1 Å². The monoisotopic (exact) mass is 632 g/mol. The summed E-state index contributed by atoms with van der Waals surface area (Å²) in [5, 5.41) is 14.7. The third-order valence-electron chi connectivity index (χ3n) is 7.38. The maximum absolute atomic E-state index is 13.2. The molecule has 1 aliphatic heterocycles. The fourth-order valence-electron chi connectivity index (χ4n) is 4.89. The van der Waals surface area contributed by atoms with Gasteiger partial charge >= 0.3 is 5.97 Å². The topological polar surface area (TPSA) is 131 Å². The second-order valence-electron chi connectivity index (χ2n) is 11.2. The summed E-state index contributed by atoms with van der Waals surface area (Å²) in [7, 11) is 7.75. The molecule has 0 spiro atoms. The molecule has 0 saturated heterocycles. The zero-order chi connectivity index (χ0) is 33.2. The second-order valence-corrected chi connectivity index (χ2v) is 11.2. The molecule has 2 aromatic carbocycles. The summed E-state index contributed by atoms with van der Waals surface area (Å²) in [6.07, 6.45) is 0.395. The van der Waals surface area contributed by atoms with Gasteiger partial charge in [-0.2, -0.15) is 0 Å². The molecule has 11 nitrogen and oxygen atoms in total. The molecule has 1 amide bonds. The molecule has 2 aromatic rings. The zero-order valence-electron chi connectivity index (χ0n) is 27.1. The third kappa shape index (κ3) is 8.78. The lowest BCUT2D eigenvalue weighted by Crippen LogP contribution is -2.27. The van der Waals surface area contributed by atoms with Gasteiger partial charge in [0, 0.05) is 67.0 Å². The standard InChI is InChI=1S/C35H41N3O8/c1-23(39)12-14-43-16-18-45-19-17-44-15-13-36-34(40)24-6-9-27(35(41)42)30(20-24)33-28-10-7-25(37(2)3)21-31(28)46-32-22-26(38(4)5)8-11-29(32)33/h6-11,20-22H,12-19H2,1-5H3,(H-,36,40,41,42)/p+1. The number of hydrogen-bond donors (Lipinski definition) is 2. The molecule has 1 aliphatic carbocycles. The molecule has 0 atom stereocenters. The number of carboxylic acid groups (broad SMARTS) is 1. The first kappa shape index (κ1) is 34.3. The van der Waals surface area contributed by atoms with Gasteiger partial charge in [-0.15, -0.1) is 0 Å². The smallest absolute Gasteiger partial charge is 0.336 e. The number of carbonyl (C=O) groups excluding carboxylic acids is 2. The van der Waals surface area contributed by atoms with Crippen LogP contribution in [0.25, 0.3) is 33.4 Å².